The number of benzene rings is 2. The Hall–Kier alpha value is -1.03. The summed E-state index contributed by atoms with van der Waals surface area (Å²) in [6.45, 7) is 2.82. The molecule has 2 N–H and O–H groups in total. The third kappa shape index (κ3) is 3.79. The van der Waals surface area contributed by atoms with Crippen LogP contribution >= 0.6 is 27.5 Å². The highest BCUT2D eigenvalue weighted by atomic mass is 79.9. The molecule has 0 bridgehead atoms. The molecule has 0 heterocycles. The molecule has 2 rings (SSSR count). The Labute approximate surface area is 140 Å². The second kappa shape index (κ2) is 7.30. The van der Waals surface area contributed by atoms with E-state index in [-0.39, 0.29) is 6.04 Å². The Balaban J connectivity index is 2.27. The Morgan fingerprint density at radius 3 is 2.57 bits per heavy atom. The molecule has 0 spiro atoms. The molecule has 0 aliphatic carbocycles. The van der Waals surface area contributed by atoms with Crippen molar-refractivity contribution in [3.05, 3.63) is 63.1 Å². The lowest BCUT2D eigenvalue weighted by Crippen LogP contribution is -2.22. The van der Waals surface area contributed by atoms with E-state index in [1.807, 2.05) is 18.2 Å². The van der Waals surface area contributed by atoms with Gasteiger partial charge in [-0.1, -0.05) is 35.9 Å². The summed E-state index contributed by atoms with van der Waals surface area (Å²) in [7, 11) is 2.08. The van der Waals surface area contributed by atoms with Crippen LogP contribution in [0.15, 0.2) is 46.9 Å². The van der Waals surface area contributed by atoms with Crippen molar-refractivity contribution in [1.82, 2.24) is 0 Å². The molecule has 0 radical (unpaired) electrons. The lowest BCUT2D eigenvalue weighted by molar-refractivity contribution is 0.738. The average Bonchev–Trinajstić information content (AvgIpc) is 2.47. The molecular weight excluding hydrogens is 348 g/mol. The first kappa shape index (κ1) is 16.3. The maximum atomic E-state index is 6.30. The molecule has 21 heavy (non-hydrogen) atoms. The van der Waals surface area contributed by atoms with Gasteiger partial charge in [0, 0.05) is 16.5 Å². The minimum Gasteiger partial charge on any atom is -0.367 e. The summed E-state index contributed by atoms with van der Waals surface area (Å²) in [6.07, 6.45) is 0.892. The molecule has 2 aromatic rings. The largest absolute Gasteiger partial charge is 0.367 e. The van der Waals surface area contributed by atoms with E-state index in [4.69, 9.17) is 17.3 Å². The topological polar surface area (TPSA) is 29.3 Å². The Bertz CT molecular complexity index is 615. The van der Waals surface area contributed by atoms with E-state index in [0.29, 0.717) is 6.54 Å². The monoisotopic (exact) mass is 366 g/mol. The number of rotatable bonds is 5. The maximum absolute atomic E-state index is 6.30. The van der Waals surface area contributed by atoms with Crippen LogP contribution in [-0.4, -0.2) is 13.6 Å². The van der Waals surface area contributed by atoms with Gasteiger partial charge in [0.1, 0.15) is 0 Å². The van der Waals surface area contributed by atoms with Crippen LogP contribution < -0.4 is 10.6 Å². The van der Waals surface area contributed by atoms with Crippen molar-refractivity contribution in [3.8, 4) is 0 Å². The van der Waals surface area contributed by atoms with Crippen molar-refractivity contribution < 1.29 is 0 Å². The van der Waals surface area contributed by atoms with E-state index in [0.717, 1.165) is 27.2 Å². The molecule has 2 aromatic carbocycles. The van der Waals surface area contributed by atoms with Crippen LogP contribution in [-0.2, 0) is 6.42 Å². The molecule has 0 aliphatic rings. The molecule has 112 valence electrons. The number of hydrogen-bond acceptors (Lipinski definition) is 2. The van der Waals surface area contributed by atoms with E-state index in [9.17, 15) is 0 Å². The zero-order chi connectivity index (χ0) is 15.4. The minimum atomic E-state index is 0.190. The van der Waals surface area contributed by atoms with Gasteiger partial charge in [-0.2, -0.15) is 0 Å². The Morgan fingerprint density at radius 2 is 1.95 bits per heavy atom. The van der Waals surface area contributed by atoms with Crippen molar-refractivity contribution in [1.29, 1.82) is 0 Å². The fourth-order valence-electron chi connectivity index (χ4n) is 2.39. The second-order valence-electron chi connectivity index (χ2n) is 5.13. The Kier molecular flexibility index (Phi) is 5.68. The minimum absolute atomic E-state index is 0.190. The summed E-state index contributed by atoms with van der Waals surface area (Å²) in [5, 5.41) is 0.799. The molecule has 0 aromatic heterocycles. The molecule has 0 fully saturated rings. The van der Waals surface area contributed by atoms with Crippen LogP contribution in [0.3, 0.4) is 0 Å². The zero-order valence-electron chi connectivity index (χ0n) is 12.3. The summed E-state index contributed by atoms with van der Waals surface area (Å²) in [5.74, 6) is 0. The summed E-state index contributed by atoms with van der Waals surface area (Å²) in [4.78, 5) is 2.22. The van der Waals surface area contributed by atoms with Crippen LogP contribution in [0.1, 0.15) is 24.1 Å². The predicted molar refractivity (Wildman–Crippen MR) is 95.2 cm³/mol. The third-order valence-electron chi connectivity index (χ3n) is 3.76. The van der Waals surface area contributed by atoms with Crippen LogP contribution in [0.4, 0.5) is 5.69 Å². The van der Waals surface area contributed by atoms with Crippen LogP contribution in [0.25, 0.3) is 0 Å². The fraction of sp³-hybridized carbons (Fsp3) is 0.294. The van der Waals surface area contributed by atoms with Crippen molar-refractivity contribution >= 4 is 33.2 Å². The van der Waals surface area contributed by atoms with E-state index in [2.05, 4.69) is 59.1 Å². The molecule has 1 atom stereocenters. The smallest absolute Gasteiger partial charge is 0.0526 e. The molecule has 0 saturated heterocycles. The highest BCUT2D eigenvalue weighted by molar-refractivity contribution is 9.10. The van der Waals surface area contributed by atoms with E-state index < -0.39 is 0 Å². The first-order valence-corrected chi connectivity index (χ1v) is 8.17. The number of hydrogen-bond donors (Lipinski definition) is 1. The Morgan fingerprint density at radius 1 is 1.24 bits per heavy atom. The first-order valence-electron chi connectivity index (χ1n) is 7.00. The van der Waals surface area contributed by atoms with Gasteiger partial charge in [0.15, 0.2) is 0 Å². The van der Waals surface area contributed by atoms with Gasteiger partial charge in [-0.05, 0) is 65.1 Å². The molecule has 4 heteroatoms. The van der Waals surface area contributed by atoms with Crippen LogP contribution in [0, 0.1) is 0 Å². The van der Waals surface area contributed by atoms with Crippen molar-refractivity contribution in [2.75, 3.05) is 18.5 Å². The van der Waals surface area contributed by atoms with Crippen molar-refractivity contribution in [2.24, 2.45) is 5.73 Å². The average molecular weight is 368 g/mol. The van der Waals surface area contributed by atoms with Crippen molar-refractivity contribution in [3.63, 3.8) is 0 Å². The maximum Gasteiger partial charge on any atom is 0.0526 e. The zero-order valence-corrected chi connectivity index (χ0v) is 14.7. The molecule has 2 nitrogen and oxygen atoms in total. The van der Waals surface area contributed by atoms with E-state index >= 15 is 0 Å². The lowest BCUT2D eigenvalue weighted by Gasteiger charge is -2.29. The summed E-state index contributed by atoms with van der Waals surface area (Å²) >= 11 is 9.97. The predicted octanol–water partition coefficient (Wildman–Crippen LogP) is 4.80. The summed E-state index contributed by atoms with van der Waals surface area (Å²) in [6, 6.07) is 14.6. The molecule has 0 aliphatic heterocycles. The molecular formula is C17H20BrClN2. The SMILES string of the molecule is CC(c1ccccc1Cl)N(C)c1ccc(CCN)cc1Br. The second-order valence-corrected chi connectivity index (χ2v) is 6.39. The van der Waals surface area contributed by atoms with Gasteiger partial charge >= 0.3 is 0 Å². The highest BCUT2D eigenvalue weighted by Crippen LogP contribution is 2.34. The molecule has 0 saturated carbocycles. The summed E-state index contributed by atoms with van der Waals surface area (Å²) in [5.41, 5.74) is 9.12. The lowest BCUT2D eigenvalue weighted by atomic mass is 10.1. The number of nitrogens with zero attached hydrogens (tertiary/aromatic N) is 1. The third-order valence-corrected chi connectivity index (χ3v) is 4.74. The van der Waals surface area contributed by atoms with Gasteiger partial charge in [-0.15, -0.1) is 0 Å². The van der Waals surface area contributed by atoms with Gasteiger partial charge in [0.25, 0.3) is 0 Å². The van der Waals surface area contributed by atoms with Crippen LogP contribution in [0.2, 0.25) is 5.02 Å². The highest BCUT2D eigenvalue weighted by Gasteiger charge is 2.16. The van der Waals surface area contributed by atoms with Gasteiger partial charge in [-0.3, -0.25) is 0 Å². The fourth-order valence-corrected chi connectivity index (χ4v) is 3.39. The normalized spacial score (nSPS) is 12.2. The van der Waals surface area contributed by atoms with Gasteiger partial charge in [-0.25, -0.2) is 0 Å². The number of halogens is 2. The van der Waals surface area contributed by atoms with Gasteiger partial charge in [0.2, 0.25) is 0 Å². The standard InChI is InChI=1S/C17H20BrClN2/c1-12(14-5-3-4-6-16(14)19)21(2)17-8-7-13(9-10-20)11-15(17)18/h3-8,11-12H,9-10,20H2,1-2H3. The van der Waals surface area contributed by atoms with Crippen molar-refractivity contribution in [2.45, 2.75) is 19.4 Å². The van der Waals surface area contributed by atoms with E-state index in [1.54, 1.807) is 0 Å². The van der Waals surface area contributed by atoms with E-state index in [1.165, 1.54) is 5.56 Å². The van der Waals surface area contributed by atoms with Crippen LogP contribution in [0.5, 0.6) is 0 Å². The van der Waals surface area contributed by atoms with Gasteiger partial charge < -0.3 is 10.6 Å². The quantitative estimate of drug-likeness (QED) is 0.822. The molecule has 0 amide bonds. The first-order chi connectivity index (χ1) is 10.0. The van der Waals surface area contributed by atoms with Gasteiger partial charge in [0.05, 0.1) is 11.7 Å². The number of anilines is 1. The molecule has 1 unspecified atom stereocenters. The number of nitrogens with two attached hydrogens (primary N) is 1. The summed E-state index contributed by atoms with van der Waals surface area (Å²) < 4.78 is 1.08.